The number of morpholine rings is 1. The van der Waals surface area contributed by atoms with Crippen molar-refractivity contribution in [2.75, 3.05) is 50.8 Å². The molecule has 25 heavy (non-hydrogen) atoms. The Morgan fingerprint density at radius 1 is 1.08 bits per heavy atom. The lowest BCUT2D eigenvalue weighted by atomic mass is 10.1. The zero-order valence-electron chi connectivity index (χ0n) is 14.3. The highest BCUT2D eigenvalue weighted by Gasteiger charge is 2.19. The summed E-state index contributed by atoms with van der Waals surface area (Å²) in [6, 6.07) is 4.43. The smallest absolute Gasteiger partial charge is 0.251 e. The van der Waals surface area contributed by atoms with Gasteiger partial charge in [0.05, 0.1) is 25.4 Å². The molecule has 0 aliphatic carbocycles. The minimum Gasteiger partial charge on any atom is -0.378 e. The second-order valence-corrected chi connectivity index (χ2v) is 6.39. The van der Waals surface area contributed by atoms with Gasteiger partial charge in [-0.25, -0.2) is 4.39 Å². The zero-order valence-corrected chi connectivity index (χ0v) is 14.3. The molecule has 2 heterocycles. The van der Waals surface area contributed by atoms with Crippen LogP contribution in [0.3, 0.4) is 0 Å². The molecule has 2 amide bonds. The Kier molecular flexibility index (Phi) is 5.86. The summed E-state index contributed by atoms with van der Waals surface area (Å²) >= 11 is 0. The number of piperidine rings is 1. The Balaban J connectivity index is 1.56. The summed E-state index contributed by atoms with van der Waals surface area (Å²) in [4.78, 5) is 27.9. The highest BCUT2D eigenvalue weighted by atomic mass is 19.1. The topological polar surface area (TPSA) is 61.9 Å². The lowest BCUT2D eigenvalue weighted by Crippen LogP contribution is -2.42. The lowest BCUT2D eigenvalue weighted by molar-refractivity contribution is -0.130. The molecule has 6 nitrogen and oxygen atoms in total. The Hall–Kier alpha value is -2.15. The molecule has 0 unspecified atom stereocenters. The molecule has 2 fully saturated rings. The van der Waals surface area contributed by atoms with Crippen LogP contribution in [0.15, 0.2) is 18.2 Å². The van der Waals surface area contributed by atoms with Gasteiger partial charge in [-0.2, -0.15) is 0 Å². The molecule has 3 rings (SSSR count). The Labute approximate surface area is 146 Å². The molecule has 0 aromatic heterocycles. The maximum atomic E-state index is 14.3. The number of carbonyl (C=O) groups excluding carboxylic acids is 2. The molecule has 7 heteroatoms. The van der Waals surface area contributed by atoms with Crippen molar-refractivity contribution in [3.63, 3.8) is 0 Å². The van der Waals surface area contributed by atoms with Gasteiger partial charge in [-0.3, -0.25) is 9.59 Å². The van der Waals surface area contributed by atoms with E-state index < -0.39 is 11.7 Å². The van der Waals surface area contributed by atoms with Gasteiger partial charge in [0.25, 0.3) is 5.91 Å². The van der Waals surface area contributed by atoms with Gasteiger partial charge in [0, 0.05) is 31.7 Å². The molecule has 2 aliphatic rings. The van der Waals surface area contributed by atoms with E-state index in [9.17, 15) is 14.0 Å². The van der Waals surface area contributed by atoms with Crippen LogP contribution in [0.1, 0.15) is 29.6 Å². The molecule has 2 saturated heterocycles. The van der Waals surface area contributed by atoms with E-state index in [4.69, 9.17) is 4.74 Å². The molecule has 136 valence electrons. The third-order valence-electron chi connectivity index (χ3n) is 4.67. The van der Waals surface area contributed by atoms with Crippen LogP contribution in [0, 0.1) is 5.82 Å². The van der Waals surface area contributed by atoms with Crippen LogP contribution < -0.4 is 10.2 Å². The number of nitrogens with zero attached hydrogens (tertiary/aromatic N) is 2. The normalized spacial score (nSPS) is 18.1. The van der Waals surface area contributed by atoms with Crippen molar-refractivity contribution < 1.29 is 18.7 Å². The van der Waals surface area contributed by atoms with Crippen molar-refractivity contribution >= 4 is 17.5 Å². The summed E-state index contributed by atoms with van der Waals surface area (Å²) in [5.74, 6) is -0.951. The predicted molar refractivity (Wildman–Crippen MR) is 92.2 cm³/mol. The maximum absolute atomic E-state index is 14.3. The van der Waals surface area contributed by atoms with Crippen molar-refractivity contribution in [3.05, 3.63) is 29.6 Å². The molecule has 0 spiro atoms. The van der Waals surface area contributed by atoms with E-state index in [2.05, 4.69) is 5.32 Å². The number of anilines is 1. The van der Waals surface area contributed by atoms with Crippen molar-refractivity contribution in [2.45, 2.75) is 19.3 Å². The van der Waals surface area contributed by atoms with Gasteiger partial charge in [0.2, 0.25) is 5.91 Å². The van der Waals surface area contributed by atoms with Crippen LogP contribution in [-0.4, -0.2) is 62.7 Å². The largest absolute Gasteiger partial charge is 0.378 e. The number of amides is 2. The minimum absolute atomic E-state index is 0.0499. The van der Waals surface area contributed by atoms with E-state index in [1.165, 1.54) is 6.07 Å². The van der Waals surface area contributed by atoms with Crippen LogP contribution >= 0.6 is 0 Å². The summed E-state index contributed by atoms with van der Waals surface area (Å²) in [6.45, 7) is 3.85. The summed E-state index contributed by atoms with van der Waals surface area (Å²) in [5.41, 5.74) is 0.699. The number of hydrogen-bond donors (Lipinski definition) is 1. The fourth-order valence-electron chi connectivity index (χ4n) is 3.22. The van der Waals surface area contributed by atoms with Crippen LogP contribution in [0.2, 0.25) is 0 Å². The van der Waals surface area contributed by atoms with E-state index in [-0.39, 0.29) is 18.0 Å². The van der Waals surface area contributed by atoms with Gasteiger partial charge in [0.1, 0.15) is 5.82 Å². The van der Waals surface area contributed by atoms with Gasteiger partial charge >= 0.3 is 0 Å². The molecule has 1 N–H and O–H groups in total. The van der Waals surface area contributed by atoms with Crippen LogP contribution in [-0.2, 0) is 9.53 Å². The summed E-state index contributed by atoms with van der Waals surface area (Å²) in [7, 11) is 0. The number of ether oxygens (including phenoxy) is 1. The zero-order chi connectivity index (χ0) is 17.6. The highest BCUT2D eigenvalue weighted by Crippen LogP contribution is 2.21. The van der Waals surface area contributed by atoms with E-state index >= 15 is 0 Å². The van der Waals surface area contributed by atoms with Crippen molar-refractivity contribution in [2.24, 2.45) is 0 Å². The predicted octanol–water partition coefficient (Wildman–Crippen LogP) is 1.40. The molecule has 0 saturated carbocycles. The highest BCUT2D eigenvalue weighted by molar-refractivity contribution is 5.96. The Morgan fingerprint density at radius 2 is 1.80 bits per heavy atom. The van der Waals surface area contributed by atoms with E-state index in [1.807, 2.05) is 4.90 Å². The molecular weight excluding hydrogens is 325 g/mol. The van der Waals surface area contributed by atoms with E-state index in [1.54, 1.807) is 17.0 Å². The number of nitrogens with one attached hydrogen (secondary N) is 1. The van der Waals surface area contributed by atoms with E-state index in [0.717, 1.165) is 32.4 Å². The number of likely N-dealkylation sites (tertiary alicyclic amines) is 1. The quantitative estimate of drug-likeness (QED) is 0.893. The van der Waals surface area contributed by atoms with Gasteiger partial charge in [-0.15, -0.1) is 0 Å². The van der Waals surface area contributed by atoms with Gasteiger partial charge < -0.3 is 19.9 Å². The lowest BCUT2D eigenvalue weighted by Gasteiger charge is -2.29. The molecule has 0 bridgehead atoms. The fourth-order valence-corrected chi connectivity index (χ4v) is 3.22. The second-order valence-electron chi connectivity index (χ2n) is 6.39. The van der Waals surface area contributed by atoms with E-state index in [0.29, 0.717) is 32.0 Å². The summed E-state index contributed by atoms with van der Waals surface area (Å²) < 4.78 is 19.6. The summed E-state index contributed by atoms with van der Waals surface area (Å²) in [6.07, 6.45) is 3.16. The molecule has 0 radical (unpaired) electrons. The first-order valence-electron chi connectivity index (χ1n) is 8.83. The molecular formula is C18H24FN3O3. The number of rotatable bonds is 4. The average Bonchev–Trinajstić information content (AvgIpc) is 2.67. The third-order valence-corrected chi connectivity index (χ3v) is 4.67. The van der Waals surface area contributed by atoms with Gasteiger partial charge in [-0.1, -0.05) is 0 Å². The molecule has 1 aromatic carbocycles. The third kappa shape index (κ3) is 4.48. The first-order valence-corrected chi connectivity index (χ1v) is 8.83. The summed E-state index contributed by atoms with van der Waals surface area (Å²) in [5, 5.41) is 2.59. The molecule has 1 aromatic rings. The Bertz CT molecular complexity index is 626. The molecule has 2 aliphatic heterocycles. The van der Waals surface area contributed by atoms with Crippen molar-refractivity contribution in [1.82, 2.24) is 10.2 Å². The van der Waals surface area contributed by atoms with Gasteiger partial charge in [0.15, 0.2) is 0 Å². The minimum atomic E-state index is -0.433. The van der Waals surface area contributed by atoms with Gasteiger partial charge in [-0.05, 0) is 37.5 Å². The second kappa shape index (κ2) is 8.29. The van der Waals surface area contributed by atoms with Crippen LogP contribution in [0.5, 0.6) is 0 Å². The monoisotopic (exact) mass is 349 g/mol. The van der Waals surface area contributed by atoms with Crippen molar-refractivity contribution in [3.8, 4) is 0 Å². The fraction of sp³-hybridized carbons (Fsp3) is 0.556. The standard InChI is InChI=1S/C18H24FN3O3/c19-15-12-14(4-5-16(15)21-8-10-25-11-9-21)18(24)20-13-17(23)22-6-2-1-3-7-22/h4-5,12H,1-3,6-11,13H2,(H,20,24). The molecule has 0 atom stereocenters. The van der Waals surface area contributed by atoms with Crippen LogP contribution in [0.4, 0.5) is 10.1 Å². The first kappa shape index (κ1) is 17.7. The van der Waals surface area contributed by atoms with Crippen LogP contribution in [0.25, 0.3) is 0 Å². The van der Waals surface area contributed by atoms with Crippen molar-refractivity contribution in [1.29, 1.82) is 0 Å². The first-order chi connectivity index (χ1) is 12.1. The number of carbonyl (C=O) groups is 2. The SMILES string of the molecule is O=C(NCC(=O)N1CCCCC1)c1ccc(N2CCOCC2)c(F)c1. The Morgan fingerprint density at radius 3 is 2.48 bits per heavy atom. The maximum Gasteiger partial charge on any atom is 0.251 e. The number of hydrogen-bond acceptors (Lipinski definition) is 4. The number of benzene rings is 1. The number of halogens is 1. The average molecular weight is 349 g/mol.